The number of carbonyl (C=O) groups is 2. The highest BCUT2D eigenvalue weighted by Gasteiger charge is 2.18. The Labute approximate surface area is 130 Å². The van der Waals surface area contributed by atoms with Crippen molar-refractivity contribution in [3.05, 3.63) is 46.9 Å². The van der Waals surface area contributed by atoms with Crippen molar-refractivity contribution in [1.82, 2.24) is 20.3 Å². The van der Waals surface area contributed by atoms with Crippen molar-refractivity contribution in [3.8, 4) is 0 Å². The fourth-order valence-electron chi connectivity index (χ4n) is 2.33. The lowest BCUT2D eigenvalue weighted by Crippen LogP contribution is -2.25. The predicted octanol–water partition coefficient (Wildman–Crippen LogP) is 1.83. The molecule has 0 atom stereocenters. The number of aromatic carboxylic acids is 1. The highest BCUT2D eigenvalue weighted by atomic mass is 16.4. The summed E-state index contributed by atoms with van der Waals surface area (Å²) in [4.78, 5) is 24.9. The van der Waals surface area contributed by atoms with Gasteiger partial charge in [-0.15, -0.1) is 0 Å². The minimum atomic E-state index is -1.05. The van der Waals surface area contributed by atoms with Crippen molar-refractivity contribution in [3.63, 3.8) is 0 Å². The second kappa shape index (κ2) is 5.56. The summed E-state index contributed by atoms with van der Waals surface area (Å²) in [5.74, 6) is -0.542. The van der Waals surface area contributed by atoms with Gasteiger partial charge in [0.1, 0.15) is 28.1 Å². The van der Waals surface area contributed by atoms with Crippen LogP contribution in [-0.2, 0) is 6.54 Å². The molecule has 0 fully saturated rings. The van der Waals surface area contributed by atoms with Gasteiger partial charge in [-0.3, -0.25) is 4.79 Å². The maximum absolute atomic E-state index is 12.4. The Morgan fingerprint density at radius 2 is 2.00 bits per heavy atom. The number of aryl methyl sites for hydroxylation is 1. The van der Waals surface area contributed by atoms with Crippen molar-refractivity contribution < 1.29 is 19.1 Å². The van der Waals surface area contributed by atoms with Crippen LogP contribution in [0, 0.1) is 6.92 Å². The lowest BCUT2D eigenvalue weighted by molar-refractivity contribution is 0.0694. The molecule has 0 aliphatic heterocycles. The van der Waals surface area contributed by atoms with Crippen LogP contribution >= 0.6 is 0 Å². The summed E-state index contributed by atoms with van der Waals surface area (Å²) in [5, 5.41) is 19.4. The Kier molecular flexibility index (Phi) is 3.57. The van der Waals surface area contributed by atoms with Gasteiger partial charge in [-0.25, -0.2) is 4.79 Å². The number of carbonyl (C=O) groups excluding carboxylic acids is 1. The first-order valence-corrected chi connectivity index (χ1v) is 6.84. The molecule has 0 saturated carbocycles. The first-order chi connectivity index (χ1) is 11.0. The number of hydrogen-bond acceptors (Lipinski definition) is 5. The first kappa shape index (κ1) is 14.8. The summed E-state index contributed by atoms with van der Waals surface area (Å²) in [6.07, 6.45) is 0. The number of nitrogens with one attached hydrogen (secondary N) is 1. The minimum Gasteiger partial charge on any atom is -0.478 e. The van der Waals surface area contributed by atoms with E-state index in [-0.39, 0.29) is 18.0 Å². The van der Waals surface area contributed by atoms with Crippen LogP contribution in [0.5, 0.6) is 0 Å². The smallest absolute Gasteiger partial charge is 0.339 e. The van der Waals surface area contributed by atoms with Crippen LogP contribution < -0.4 is 0 Å². The summed E-state index contributed by atoms with van der Waals surface area (Å²) in [5.41, 5.74) is 1.85. The monoisotopic (exact) mass is 314 g/mol. The Morgan fingerprint density at radius 3 is 2.70 bits per heavy atom. The van der Waals surface area contributed by atoms with Crippen LogP contribution in [0.15, 0.2) is 28.7 Å². The molecular formula is C15H14N4O4. The molecule has 0 unspecified atom stereocenters. The van der Waals surface area contributed by atoms with Crippen molar-refractivity contribution >= 4 is 22.9 Å². The fourth-order valence-corrected chi connectivity index (χ4v) is 2.33. The zero-order valence-electron chi connectivity index (χ0n) is 12.5. The van der Waals surface area contributed by atoms with Gasteiger partial charge in [0.15, 0.2) is 0 Å². The van der Waals surface area contributed by atoms with Crippen molar-refractivity contribution in [2.24, 2.45) is 0 Å². The van der Waals surface area contributed by atoms with Gasteiger partial charge in [0.05, 0.1) is 6.54 Å². The van der Waals surface area contributed by atoms with Gasteiger partial charge >= 0.3 is 5.97 Å². The number of furan rings is 1. The predicted molar refractivity (Wildman–Crippen MR) is 80.1 cm³/mol. The number of benzene rings is 1. The SMILES string of the molecule is Cc1oc(CN(C)C(=O)c2ccc3n[nH]nc3c2)cc1C(=O)O. The third-order valence-corrected chi connectivity index (χ3v) is 3.50. The zero-order valence-corrected chi connectivity index (χ0v) is 12.5. The molecule has 0 radical (unpaired) electrons. The van der Waals surface area contributed by atoms with E-state index < -0.39 is 5.97 Å². The Balaban J connectivity index is 1.79. The minimum absolute atomic E-state index is 0.102. The molecule has 118 valence electrons. The molecule has 23 heavy (non-hydrogen) atoms. The van der Waals surface area contributed by atoms with Crippen LogP contribution in [0.4, 0.5) is 0 Å². The summed E-state index contributed by atoms with van der Waals surface area (Å²) in [6.45, 7) is 1.75. The number of fused-ring (bicyclic) bond motifs is 1. The van der Waals surface area contributed by atoms with E-state index in [0.717, 1.165) is 0 Å². The summed E-state index contributed by atoms with van der Waals surface area (Å²) < 4.78 is 5.39. The summed E-state index contributed by atoms with van der Waals surface area (Å²) in [6, 6.07) is 6.45. The highest BCUT2D eigenvalue weighted by molar-refractivity contribution is 5.97. The summed E-state index contributed by atoms with van der Waals surface area (Å²) in [7, 11) is 1.62. The van der Waals surface area contributed by atoms with E-state index in [1.54, 1.807) is 32.2 Å². The first-order valence-electron chi connectivity index (χ1n) is 6.84. The quantitative estimate of drug-likeness (QED) is 0.759. The fraction of sp³-hybridized carbons (Fsp3) is 0.200. The number of aromatic nitrogens is 3. The van der Waals surface area contributed by atoms with Crippen LogP contribution in [0.3, 0.4) is 0 Å². The van der Waals surface area contributed by atoms with E-state index in [2.05, 4.69) is 15.4 Å². The average molecular weight is 314 g/mol. The van der Waals surface area contributed by atoms with E-state index >= 15 is 0 Å². The Hall–Kier alpha value is -3.16. The molecule has 8 nitrogen and oxygen atoms in total. The maximum atomic E-state index is 12.4. The standard InChI is InChI=1S/C15H14N4O4/c1-8-11(15(21)22)6-10(23-8)7-19(2)14(20)9-3-4-12-13(5-9)17-18-16-12/h3-6H,7H2,1-2H3,(H,21,22)(H,16,17,18). The Bertz CT molecular complexity index is 896. The number of nitrogens with zero attached hydrogens (tertiary/aromatic N) is 3. The molecular weight excluding hydrogens is 300 g/mol. The van der Waals surface area contributed by atoms with E-state index in [4.69, 9.17) is 9.52 Å². The molecule has 0 aliphatic rings. The molecule has 2 N–H and O–H groups in total. The van der Waals surface area contributed by atoms with E-state index in [9.17, 15) is 9.59 Å². The molecule has 8 heteroatoms. The number of carboxylic acids is 1. The molecule has 2 aromatic heterocycles. The molecule has 3 rings (SSSR count). The lowest BCUT2D eigenvalue weighted by atomic mass is 10.1. The average Bonchev–Trinajstić information content (AvgIpc) is 3.11. The van der Waals surface area contributed by atoms with Crippen LogP contribution in [0.1, 0.15) is 32.2 Å². The van der Waals surface area contributed by atoms with Crippen LogP contribution in [-0.4, -0.2) is 44.3 Å². The Morgan fingerprint density at radius 1 is 1.26 bits per heavy atom. The van der Waals surface area contributed by atoms with Crippen molar-refractivity contribution in [2.45, 2.75) is 13.5 Å². The van der Waals surface area contributed by atoms with Crippen LogP contribution in [0.2, 0.25) is 0 Å². The third kappa shape index (κ3) is 2.78. The second-order valence-electron chi connectivity index (χ2n) is 5.18. The van der Waals surface area contributed by atoms with E-state index in [1.165, 1.54) is 11.0 Å². The summed E-state index contributed by atoms with van der Waals surface area (Å²) >= 11 is 0. The zero-order chi connectivity index (χ0) is 16.6. The van der Waals surface area contributed by atoms with Gasteiger partial charge in [-0.2, -0.15) is 15.4 Å². The maximum Gasteiger partial charge on any atom is 0.339 e. The van der Waals surface area contributed by atoms with Gasteiger partial charge in [0.25, 0.3) is 5.91 Å². The molecule has 2 heterocycles. The number of H-pyrrole nitrogens is 1. The number of hydrogen-bond donors (Lipinski definition) is 2. The molecule has 0 bridgehead atoms. The number of aromatic amines is 1. The molecule has 0 saturated heterocycles. The van der Waals surface area contributed by atoms with E-state index in [0.29, 0.717) is 28.1 Å². The molecule has 0 aliphatic carbocycles. The second-order valence-corrected chi connectivity index (χ2v) is 5.18. The van der Waals surface area contributed by atoms with Crippen molar-refractivity contribution in [2.75, 3.05) is 7.05 Å². The normalized spacial score (nSPS) is 10.9. The third-order valence-electron chi connectivity index (χ3n) is 3.50. The molecule has 1 amide bonds. The highest BCUT2D eigenvalue weighted by Crippen LogP contribution is 2.18. The molecule has 1 aromatic carbocycles. The van der Waals surface area contributed by atoms with Gasteiger partial charge in [-0.05, 0) is 31.2 Å². The number of carboxylic acid groups (broad SMARTS) is 1. The van der Waals surface area contributed by atoms with Crippen LogP contribution in [0.25, 0.3) is 11.0 Å². The van der Waals surface area contributed by atoms with E-state index in [1.807, 2.05) is 0 Å². The van der Waals surface area contributed by atoms with Gasteiger partial charge in [0, 0.05) is 12.6 Å². The largest absolute Gasteiger partial charge is 0.478 e. The molecule has 3 aromatic rings. The van der Waals surface area contributed by atoms with Gasteiger partial charge in [-0.1, -0.05) is 0 Å². The number of rotatable bonds is 4. The van der Waals surface area contributed by atoms with Gasteiger partial charge < -0.3 is 14.4 Å². The molecule has 0 spiro atoms. The van der Waals surface area contributed by atoms with Gasteiger partial charge in [0.2, 0.25) is 0 Å². The van der Waals surface area contributed by atoms with Crippen molar-refractivity contribution in [1.29, 1.82) is 0 Å². The lowest BCUT2D eigenvalue weighted by Gasteiger charge is -2.15. The number of amides is 1. The topological polar surface area (TPSA) is 112 Å².